The smallest absolute Gasteiger partial charge is 0.256 e. The molecule has 1 fully saturated rings. The molecular formula is C29H32FN3O2S. The Hall–Kier alpha value is -3.03. The fraction of sp³-hybridized carbons (Fsp3) is 0.379. The van der Waals surface area contributed by atoms with Crippen LogP contribution >= 0.6 is 11.3 Å². The molecule has 0 N–H and O–H groups in total. The van der Waals surface area contributed by atoms with Crippen LogP contribution in [0.2, 0.25) is 0 Å². The van der Waals surface area contributed by atoms with Gasteiger partial charge in [-0.2, -0.15) is 0 Å². The van der Waals surface area contributed by atoms with Gasteiger partial charge in [0.2, 0.25) is 5.91 Å². The number of rotatable bonds is 4. The van der Waals surface area contributed by atoms with Crippen LogP contribution in [-0.4, -0.2) is 65.3 Å². The van der Waals surface area contributed by atoms with E-state index in [1.165, 1.54) is 33.7 Å². The molecule has 1 aromatic heterocycles. The maximum atomic E-state index is 14.2. The molecule has 0 aliphatic carbocycles. The molecule has 2 aliphatic rings. The van der Waals surface area contributed by atoms with E-state index in [2.05, 4.69) is 47.5 Å². The SMILES string of the molecule is Cc1ccccc1[C@H]1c2ccsc2CCN1[C@H](C)C(=O)N1CCCN(C(=O)c2ccccc2F)CC1. The van der Waals surface area contributed by atoms with E-state index in [0.717, 1.165) is 13.0 Å². The molecule has 0 bridgehead atoms. The quantitative estimate of drug-likeness (QED) is 0.506. The van der Waals surface area contributed by atoms with E-state index >= 15 is 0 Å². The van der Waals surface area contributed by atoms with Crippen LogP contribution in [0, 0.1) is 12.7 Å². The summed E-state index contributed by atoms with van der Waals surface area (Å²) in [7, 11) is 0. The first-order valence-corrected chi connectivity index (χ1v) is 13.5. The predicted molar refractivity (Wildman–Crippen MR) is 141 cm³/mol. The lowest BCUT2D eigenvalue weighted by Crippen LogP contribution is -2.51. The van der Waals surface area contributed by atoms with Gasteiger partial charge < -0.3 is 9.80 Å². The first-order valence-electron chi connectivity index (χ1n) is 12.7. The average Bonchev–Trinajstić information content (AvgIpc) is 3.24. The number of aryl methyl sites for hydroxylation is 1. The molecule has 2 aromatic carbocycles. The van der Waals surface area contributed by atoms with E-state index in [-0.39, 0.29) is 29.5 Å². The van der Waals surface area contributed by atoms with Crippen molar-refractivity contribution in [2.24, 2.45) is 0 Å². The number of halogens is 1. The third kappa shape index (κ3) is 4.70. The van der Waals surface area contributed by atoms with Crippen LogP contribution in [0.25, 0.3) is 0 Å². The van der Waals surface area contributed by atoms with Crippen molar-refractivity contribution >= 4 is 23.2 Å². The van der Waals surface area contributed by atoms with Gasteiger partial charge in [0, 0.05) is 37.6 Å². The maximum Gasteiger partial charge on any atom is 0.256 e. The molecule has 7 heteroatoms. The summed E-state index contributed by atoms with van der Waals surface area (Å²) >= 11 is 1.80. The van der Waals surface area contributed by atoms with Crippen LogP contribution in [0.5, 0.6) is 0 Å². The average molecular weight is 506 g/mol. The number of hydrogen-bond acceptors (Lipinski definition) is 4. The van der Waals surface area contributed by atoms with Gasteiger partial charge in [0.15, 0.2) is 0 Å². The highest BCUT2D eigenvalue weighted by Crippen LogP contribution is 2.40. The van der Waals surface area contributed by atoms with Gasteiger partial charge in [-0.05, 0) is 67.0 Å². The molecule has 5 rings (SSSR count). The van der Waals surface area contributed by atoms with E-state index in [9.17, 15) is 14.0 Å². The van der Waals surface area contributed by atoms with Crippen molar-refractivity contribution in [3.8, 4) is 0 Å². The van der Waals surface area contributed by atoms with Crippen LogP contribution in [0.1, 0.15) is 51.3 Å². The van der Waals surface area contributed by atoms with Crippen molar-refractivity contribution in [2.75, 3.05) is 32.7 Å². The molecule has 1 saturated heterocycles. The Labute approximate surface area is 216 Å². The Kier molecular flexibility index (Phi) is 7.21. The molecule has 0 spiro atoms. The minimum atomic E-state index is -0.506. The lowest BCUT2D eigenvalue weighted by Gasteiger charge is -2.41. The predicted octanol–water partition coefficient (Wildman–Crippen LogP) is 4.91. The van der Waals surface area contributed by atoms with E-state index in [1.807, 2.05) is 11.8 Å². The standard InChI is InChI=1S/C29H32FN3O2S/c1-20-8-3-4-9-22(20)27-24-13-19-36-26(24)12-16-33(27)21(2)28(34)31-14-7-15-32(18-17-31)29(35)23-10-5-6-11-25(23)30/h3-6,8-11,13,19,21,27H,7,12,14-18H2,1-2H3/t21-,27+/m1/s1. The highest BCUT2D eigenvalue weighted by molar-refractivity contribution is 7.10. The molecule has 3 heterocycles. The number of fused-ring (bicyclic) bond motifs is 1. The number of hydrogen-bond donors (Lipinski definition) is 0. The van der Waals surface area contributed by atoms with Gasteiger partial charge in [0.05, 0.1) is 17.6 Å². The van der Waals surface area contributed by atoms with Crippen LogP contribution in [0.4, 0.5) is 4.39 Å². The van der Waals surface area contributed by atoms with Crippen LogP contribution in [0.3, 0.4) is 0 Å². The van der Waals surface area contributed by atoms with Gasteiger partial charge >= 0.3 is 0 Å². The lowest BCUT2D eigenvalue weighted by atomic mass is 9.89. The van der Waals surface area contributed by atoms with E-state index in [1.54, 1.807) is 28.4 Å². The first kappa shape index (κ1) is 24.7. The van der Waals surface area contributed by atoms with E-state index < -0.39 is 5.82 Å². The Morgan fingerprint density at radius 2 is 1.64 bits per heavy atom. The zero-order valence-corrected chi connectivity index (χ0v) is 21.6. The summed E-state index contributed by atoms with van der Waals surface area (Å²) in [6, 6.07) is 16.5. The molecule has 0 radical (unpaired) electrons. The molecule has 0 unspecified atom stereocenters. The van der Waals surface area contributed by atoms with Crippen molar-refractivity contribution < 1.29 is 14.0 Å². The summed E-state index contributed by atoms with van der Waals surface area (Å²) in [4.78, 5) is 34.0. The topological polar surface area (TPSA) is 43.9 Å². The van der Waals surface area contributed by atoms with Crippen molar-refractivity contribution in [1.29, 1.82) is 0 Å². The highest BCUT2D eigenvalue weighted by Gasteiger charge is 2.37. The number of amides is 2. The largest absolute Gasteiger partial charge is 0.340 e. The molecule has 3 aromatic rings. The molecular weight excluding hydrogens is 473 g/mol. The Bertz CT molecular complexity index is 1260. The summed E-state index contributed by atoms with van der Waals surface area (Å²) in [5, 5.41) is 2.15. The molecule has 0 saturated carbocycles. The second-order valence-electron chi connectivity index (χ2n) is 9.67. The number of carbonyl (C=O) groups excluding carboxylic acids is 2. The van der Waals surface area contributed by atoms with Crippen LogP contribution in [0.15, 0.2) is 60.0 Å². The monoisotopic (exact) mass is 505 g/mol. The highest BCUT2D eigenvalue weighted by atomic mass is 32.1. The van der Waals surface area contributed by atoms with E-state index in [4.69, 9.17) is 0 Å². The summed E-state index contributed by atoms with van der Waals surface area (Å²) in [5.41, 5.74) is 3.86. The van der Waals surface area contributed by atoms with Gasteiger partial charge in [0.1, 0.15) is 5.82 Å². The minimum Gasteiger partial charge on any atom is -0.340 e. The number of benzene rings is 2. The summed E-state index contributed by atoms with van der Waals surface area (Å²) in [5.74, 6) is -0.725. The zero-order valence-electron chi connectivity index (χ0n) is 20.8. The van der Waals surface area contributed by atoms with Gasteiger partial charge in [-0.15, -0.1) is 11.3 Å². The van der Waals surface area contributed by atoms with Crippen molar-refractivity contribution in [3.63, 3.8) is 0 Å². The first-order chi connectivity index (χ1) is 17.5. The number of nitrogens with zero attached hydrogens (tertiary/aromatic N) is 3. The Morgan fingerprint density at radius 1 is 0.917 bits per heavy atom. The van der Waals surface area contributed by atoms with Crippen molar-refractivity contribution in [3.05, 3.63) is 92.9 Å². The normalized spacial score (nSPS) is 19.5. The maximum absolute atomic E-state index is 14.2. The fourth-order valence-electron chi connectivity index (χ4n) is 5.54. The second kappa shape index (κ2) is 10.5. The number of carbonyl (C=O) groups is 2. The third-order valence-electron chi connectivity index (χ3n) is 7.54. The molecule has 188 valence electrons. The molecule has 2 atom stereocenters. The zero-order chi connectivity index (χ0) is 25.2. The summed E-state index contributed by atoms with van der Waals surface area (Å²) in [6.07, 6.45) is 1.62. The molecule has 2 aliphatic heterocycles. The summed E-state index contributed by atoms with van der Waals surface area (Å²) < 4.78 is 14.2. The van der Waals surface area contributed by atoms with Gasteiger partial charge in [0.25, 0.3) is 5.91 Å². The van der Waals surface area contributed by atoms with Crippen molar-refractivity contribution in [2.45, 2.75) is 38.8 Å². The van der Waals surface area contributed by atoms with Gasteiger partial charge in [-0.25, -0.2) is 4.39 Å². The van der Waals surface area contributed by atoms with Crippen molar-refractivity contribution in [1.82, 2.24) is 14.7 Å². The molecule has 5 nitrogen and oxygen atoms in total. The Balaban J connectivity index is 1.33. The van der Waals surface area contributed by atoms with Crippen LogP contribution < -0.4 is 0 Å². The van der Waals surface area contributed by atoms with Crippen LogP contribution in [-0.2, 0) is 11.2 Å². The van der Waals surface area contributed by atoms with Gasteiger partial charge in [-0.1, -0.05) is 36.4 Å². The summed E-state index contributed by atoms with van der Waals surface area (Å²) in [6.45, 7) is 6.94. The van der Waals surface area contributed by atoms with Gasteiger partial charge in [-0.3, -0.25) is 14.5 Å². The minimum absolute atomic E-state index is 0.0475. The fourth-order valence-corrected chi connectivity index (χ4v) is 6.45. The third-order valence-corrected chi connectivity index (χ3v) is 8.54. The van der Waals surface area contributed by atoms with E-state index in [0.29, 0.717) is 32.6 Å². The molecule has 2 amide bonds. The number of thiophene rings is 1. The second-order valence-corrected chi connectivity index (χ2v) is 10.7. The lowest BCUT2D eigenvalue weighted by molar-refractivity contribution is -0.137. The Morgan fingerprint density at radius 3 is 2.44 bits per heavy atom. The molecule has 36 heavy (non-hydrogen) atoms.